The van der Waals surface area contributed by atoms with Crippen LogP contribution in [0.2, 0.25) is 0 Å². The molecule has 1 nitrogen and oxygen atoms in total. The first-order valence-corrected chi connectivity index (χ1v) is 17.7. The van der Waals surface area contributed by atoms with Gasteiger partial charge in [0, 0.05) is 6.61 Å². The zero-order valence-electron chi connectivity index (χ0n) is 26.7. The molecule has 0 radical (unpaired) electrons. The first-order valence-electron chi connectivity index (χ1n) is 17.7. The van der Waals surface area contributed by atoms with E-state index in [-0.39, 0.29) is 0 Å². The van der Waals surface area contributed by atoms with Crippen molar-refractivity contribution in [3.8, 4) is 0 Å². The zero-order valence-corrected chi connectivity index (χ0v) is 26.7. The zero-order chi connectivity index (χ0) is 27.3. The summed E-state index contributed by atoms with van der Waals surface area (Å²) in [4.78, 5) is 0. The molecule has 1 heteroatoms. The second kappa shape index (κ2) is 29.0. The Morgan fingerprint density at radius 2 is 0.757 bits per heavy atom. The third-order valence-electron chi connectivity index (χ3n) is 9.05. The van der Waals surface area contributed by atoms with Crippen molar-refractivity contribution < 1.29 is 5.11 Å². The highest BCUT2D eigenvalue weighted by Crippen LogP contribution is 2.40. The van der Waals surface area contributed by atoms with E-state index in [0.717, 1.165) is 12.3 Å². The van der Waals surface area contributed by atoms with Gasteiger partial charge in [0.1, 0.15) is 0 Å². The fourth-order valence-electron chi connectivity index (χ4n) is 6.50. The summed E-state index contributed by atoms with van der Waals surface area (Å²) in [5, 5.41) is 9.83. The first-order chi connectivity index (χ1) is 18.1. The number of aliphatic hydroxyl groups excluding tert-OH is 1. The summed E-state index contributed by atoms with van der Waals surface area (Å²) in [7, 11) is 0. The van der Waals surface area contributed by atoms with Crippen LogP contribution in [0, 0.1) is 11.3 Å². The van der Waals surface area contributed by atoms with Crippen LogP contribution in [0.1, 0.15) is 214 Å². The van der Waals surface area contributed by atoms with Crippen LogP contribution in [-0.2, 0) is 0 Å². The highest BCUT2D eigenvalue weighted by molar-refractivity contribution is 4.79. The van der Waals surface area contributed by atoms with Gasteiger partial charge in [-0.1, -0.05) is 188 Å². The van der Waals surface area contributed by atoms with Crippen LogP contribution in [0.4, 0.5) is 0 Å². The maximum atomic E-state index is 9.83. The van der Waals surface area contributed by atoms with Gasteiger partial charge >= 0.3 is 0 Å². The summed E-state index contributed by atoms with van der Waals surface area (Å²) in [6.45, 7) is 9.93. The Hall–Kier alpha value is -0.0400. The second-order valence-electron chi connectivity index (χ2n) is 13.1. The quantitative estimate of drug-likeness (QED) is 0.0897. The number of rotatable bonds is 31. The molecule has 0 aromatic rings. The molecule has 0 aromatic heterocycles. The van der Waals surface area contributed by atoms with Crippen LogP contribution in [0.15, 0.2) is 0 Å². The van der Waals surface area contributed by atoms with Gasteiger partial charge in [0.2, 0.25) is 0 Å². The highest BCUT2D eigenvalue weighted by Gasteiger charge is 2.27. The maximum absolute atomic E-state index is 9.83. The SMILES string of the molecule is CCCCCCCCCCC(CCO)CC(C)(CCCCCCCCCC)CCCCCCCCCC. The molecule has 1 atom stereocenters. The summed E-state index contributed by atoms with van der Waals surface area (Å²) in [5.41, 5.74) is 0.490. The number of hydrogen-bond donors (Lipinski definition) is 1. The molecule has 0 spiro atoms. The van der Waals surface area contributed by atoms with E-state index in [4.69, 9.17) is 0 Å². The molecule has 0 aliphatic heterocycles. The van der Waals surface area contributed by atoms with E-state index < -0.39 is 0 Å². The summed E-state index contributed by atoms with van der Waals surface area (Å²) >= 11 is 0. The standard InChI is InChI=1S/C36H74O/c1-5-8-11-14-17-20-23-26-29-35(30-33-37)34-36(4,31-27-24-21-18-15-12-9-6-2)32-28-25-22-19-16-13-10-7-3/h35,37H,5-34H2,1-4H3. The third-order valence-corrected chi connectivity index (χ3v) is 9.05. The predicted molar refractivity (Wildman–Crippen MR) is 170 cm³/mol. The molecule has 0 rings (SSSR count). The van der Waals surface area contributed by atoms with Crippen molar-refractivity contribution in [3.05, 3.63) is 0 Å². The molecule has 224 valence electrons. The van der Waals surface area contributed by atoms with Gasteiger partial charge in [-0.25, -0.2) is 0 Å². The molecule has 0 bridgehead atoms. The monoisotopic (exact) mass is 523 g/mol. The van der Waals surface area contributed by atoms with E-state index in [2.05, 4.69) is 27.7 Å². The molecule has 1 N–H and O–H groups in total. The van der Waals surface area contributed by atoms with E-state index >= 15 is 0 Å². The Labute approximate surface area is 236 Å². The predicted octanol–water partition coefficient (Wildman–Crippen LogP) is 13.0. The minimum atomic E-state index is 0.382. The smallest absolute Gasteiger partial charge is 0.0433 e. The van der Waals surface area contributed by atoms with E-state index in [1.807, 2.05) is 0 Å². The van der Waals surface area contributed by atoms with Crippen LogP contribution < -0.4 is 0 Å². The molecule has 0 heterocycles. The van der Waals surface area contributed by atoms with Gasteiger partial charge in [0.25, 0.3) is 0 Å². The van der Waals surface area contributed by atoms with Crippen molar-refractivity contribution in [2.75, 3.05) is 6.61 Å². The van der Waals surface area contributed by atoms with Crippen molar-refractivity contribution in [1.29, 1.82) is 0 Å². The lowest BCUT2D eigenvalue weighted by Gasteiger charge is -2.34. The summed E-state index contributed by atoms with van der Waals surface area (Å²) in [6.07, 6.45) is 40.6. The fraction of sp³-hybridized carbons (Fsp3) is 1.00. The number of aliphatic hydroxyl groups is 1. The molecule has 0 fully saturated rings. The summed E-state index contributed by atoms with van der Waals surface area (Å²) < 4.78 is 0. The van der Waals surface area contributed by atoms with Crippen molar-refractivity contribution in [2.45, 2.75) is 214 Å². The Morgan fingerprint density at radius 3 is 1.11 bits per heavy atom. The summed E-state index contributed by atoms with van der Waals surface area (Å²) in [6, 6.07) is 0. The highest BCUT2D eigenvalue weighted by atomic mass is 16.3. The van der Waals surface area contributed by atoms with E-state index in [0.29, 0.717) is 12.0 Å². The van der Waals surface area contributed by atoms with E-state index in [1.165, 1.54) is 180 Å². The lowest BCUT2D eigenvalue weighted by Crippen LogP contribution is -2.22. The van der Waals surface area contributed by atoms with Crippen molar-refractivity contribution in [2.24, 2.45) is 11.3 Å². The normalized spacial score (nSPS) is 12.9. The molecule has 0 saturated carbocycles. The van der Waals surface area contributed by atoms with Crippen LogP contribution >= 0.6 is 0 Å². The fourth-order valence-corrected chi connectivity index (χ4v) is 6.50. The Kier molecular flexibility index (Phi) is 28.9. The Balaban J connectivity index is 4.50. The minimum absolute atomic E-state index is 0.382. The number of unbranched alkanes of at least 4 members (excludes halogenated alkanes) is 21. The minimum Gasteiger partial charge on any atom is -0.396 e. The molecular formula is C36H74O. The van der Waals surface area contributed by atoms with Crippen molar-refractivity contribution in [3.63, 3.8) is 0 Å². The van der Waals surface area contributed by atoms with Gasteiger partial charge in [0.15, 0.2) is 0 Å². The topological polar surface area (TPSA) is 20.2 Å². The molecule has 0 saturated heterocycles. The average Bonchev–Trinajstić information content (AvgIpc) is 2.89. The molecule has 0 amide bonds. The molecule has 0 aliphatic carbocycles. The molecule has 37 heavy (non-hydrogen) atoms. The molecular weight excluding hydrogens is 448 g/mol. The van der Waals surface area contributed by atoms with Gasteiger partial charge in [0.05, 0.1) is 0 Å². The average molecular weight is 523 g/mol. The van der Waals surface area contributed by atoms with Gasteiger partial charge in [-0.2, -0.15) is 0 Å². The van der Waals surface area contributed by atoms with E-state index in [9.17, 15) is 5.11 Å². The molecule has 0 aromatic carbocycles. The van der Waals surface area contributed by atoms with E-state index in [1.54, 1.807) is 0 Å². The Bertz CT molecular complexity index is 397. The van der Waals surface area contributed by atoms with Gasteiger partial charge in [-0.15, -0.1) is 0 Å². The largest absolute Gasteiger partial charge is 0.396 e. The van der Waals surface area contributed by atoms with Gasteiger partial charge < -0.3 is 5.11 Å². The lowest BCUT2D eigenvalue weighted by molar-refractivity contribution is 0.158. The molecule has 1 unspecified atom stereocenters. The van der Waals surface area contributed by atoms with Gasteiger partial charge in [-0.3, -0.25) is 0 Å². The molecule has 0 aliphatic rings. The Morgan fingerprint density at radius 1 is 0.432 bits per heavy atom. The second-order valence-corrected chi connectivity index (χ2v) is 13.1. The van der Waals surface area contributed by atoms with Crippen LogP contribution in [0.5, 0.6) is 0 Å². The third kappa shape index (κ3) is 26.0. The van der Waals surface area contributed by atoms with Crippen molar-refractivity contribution in [1.82, 2.24) is 0 Å². The summed E-state index contributed by atoms with van der Waals surface area (Å²) in [5.74, 6) is 0.734. The maximum Gasteiger partial charge on any atom is 0.0433 e. The van der Waals surface area contributed by atoms with Crippen LogP contribution in [0.25, 0.3) is 0 Å². The van der Waals surface area contributed by atoms with Crippen molar-refractivity contribution >= 4 is 0 Å². The van der Waals surface area contributed by atoms with Crippen LogP contribution in [-0.4, -0.2) is 11.7 Å². The lowest BCUT2D eigenvalue weighted by atomic mass is 9.72. The van der Waals surface area contributed by atoms with Gasteiger partial charge in [-0.05, 0) is 37.0 Å². The number of hydrogen-bond acceptors (Lipinski definition) is 1. The first kappa shape index (κ1) is 37.0. The van der Waals surface area contributed by atoms with Crippen LogP contribution in [0.3, 0.4) is 0 Å².